The van der Waals surface area contributed by atoms with Crippen LogP contribution in [0.4, 0.5) is 0 Å². The van der Waals surface area contributed by atoms with Crippen LogP contribution in [0.25, 0.3) is 0 Å². The van der Waals surface area contributed by atoms with Crippen LogP contribution in [-0.4, -0.2) is 53.5 Å². The van der Waals surface area contributed by atoms with Crippen molar-refractivity contribution in [2.45, 2.75) is 20.0 Å². The number of nitrogens with one attached hydrogen (secondary N) is 2. The molecule has 2 N–H and O–H groups in total. The lowest BCUT2D eigenvalue weighted by atomic mass is 10.1. The number of methoxy groups -OCH3 is 3. The minimum atomic E-state index is -0.435. The standard InChI is InChI=1S/C23H31N3O5/c1-16-6-8-18(20(12-16)31-11-10-28-3)15-26-23(24-2)25-14-17-7-9-19(22(27)30-5)21(13-17)29-4/h6-9,12-13H,10-11,14-15H2,1-5H3,(H2,24,25,26). The van der Waals surface area contributed by atoms with Gasteiger partial charge < -0.3 is 29.6 Å². The summed E-state index contributed by atoms with van der Waals surface area (Å²) in [7, 11) is 6.22. The van der Waals surface area contributed by atoms with E-state index >= 15 is 0 Å². The number of rotatable bonds is 10. The molecule has 0 aliphatic rings. The molecule has 0 radical (unpaired) electrons. The van der Waals surface area contributed by atoms with Crippen molar-refractivity contribution in [3.63, 3.8) is 0 Å². The molecule has 2 rings (SSSR count). The number of aryl methyl sites for hydroxylation is 1. The molecule has 0 aromatic heterocycles. The van der Waals surface area contributed by atoms with Gasteiger partial charge in [0.25, 0.3) is 0 Å². The fourth-order valence-corrected chi connectivity index (χ4v) is 2.89. The number of guanidine groups is 1. The number of carbonyl (C=O) groups is 1. The second-order valence-electron chi connectivity index (χ2n) is 6.76. The largest absolute Gasteiger partial charge is 0.496 e. The van der Waals surface area contributed by atoms with E-state index in [0.717, 1.165) is 22.4 Å². The van der Waals surface area contributed by atoms with Gasteiger partial charge in [-0.25, -0.2) is 4.79 Å². The molecule has 0 spiro atoms. The predicted molar refractivity (Wildman–Crippen MR) is 120 cm³/mol. The Morgan fingerprint density at radius 2 is 1.74 bits per heavy atom. The number of carbonyl (C=O) groups excluding carboxylic acids is 1. The summed E-state index contributed by atoms with van der Waals surface area (Å²) < 4.78 is 21.0. The summed E-state index contributed by atoms with van der Waals surface area (Å²) in [6, 6.07) is 11.4. The molecule has 0 fully saturated rings. The molecular formula is C23H31N3O5. The van der Waals surface area contributed by atoms with Gasteiger partial charge in [0.2, 0.25) is 0 Å². The third-order valence-corrected chi connectivity index (χ3v) is 4.57. The number of aliphatic imine (C=N–C) groups is 1. The Morgan fingerprint density at radius 1 is 0.968 bits per heavy atom. The molecule has 8 nitrogen and oxygen atoms in total. The molecule has 0 amide bonds. The molecule has 0 aliphatic heterocycles. The van der Waals surface area contributed by atoms with Crippen LogP contribution in [0.1, 0.15) is 27.0 Å². The average molecular weight is 430 g/mol. The zero-order valence-corrected chi connectivity index (χ0v) is 18.8. The molecule has 0 saturated heterocycles. The van der Waals surface area contributed by atoms with Gasteiger partial charge in [0.15, 0.2) is 5.96 Å². The Labute approximate surface area is 183 Å². The van der Waals surface area contributed by atoms with Gasteiger partial charge in [-0.2, -0.15) is 0 Å². The number of esters is 1. The smallest absolute Gasteiger partial charge is 0.341 e. The first kappa shape index (κ1) is 24.0. The highest BCUT2D eigenvalue weighted by atomic mass is 16.5. The van der Waals surface area contributed by atoms with Crippen LogP contribution in [-0.2, 0) is 22.6 Å². The van der Waals surface area contributed by atoms with Gasteiger partial charge in [-0.3, -0.25) is 4.99 Å². The summed E-state index contributed by atoms with van der Waals surface area (Å²) in [5.74, 6) is 1.49. The van der Waals surface area contributed by atoms with Crippen LogP contribution >= 0.6 is 0 Å². The van der Waals surface area contributed by atoms with Gasteiger partial charge in [0.05, 0.1) is 20.8 Å². The molecule has 0 bridgehead atoms. The van der Waals surface area contributed by atoms with Crippen LogP contribution in [0.15, 0.2) is 41.4 Å². The van der Waals surface area contributed by atoms with E-state index in [0.29, 0.717) is 43.6 Å². The Bertz CT molecular complexity index is 899. The van der Waals surface area contributed by atoms with Crippen LogP contribution in [0, 0.1) is 6.92 Å². The number of hydrogen-bond acceptors (Lipinski definition) is 6. The highest BCUT2D eigenvalue weighted by Crippen LogP contribution is 2.22. The van der Waals surface area contributed by atoms with E-state index < -0.39 is 5.97 Å². The SMILES string of the molecule is CN=C(NCc1ccc(C(=O)OC)c(OC)c1)NCc1ccc(C)cc1OCCOC. The van der Waals surface area contributed by atoms with Crippen LogP contribution in [0.3, 0.4) is 0 Å². The van der Waals surface area contributed by atoms with Crippen molar-refractivity contribution in [2.75, 3.05) is 41.6 Å². The summed E-state index contributed by atoms with van der Waals surface area (Å²) >= 11 is 0. The minimum absolute atomic E-state index is 0.386. The molecule has 0 aliphatic carbocycles. The van der Waals surface area contributed by atoms with E-state index in [4.69, 9.17) is 18.9 Å². The van der Waals surface area contributed by atoms with E-state index in [9.17, 15) is 4.79 Å². The number of benzene rings is 2. The normalized spacial score (nSPS) is 11.1. The lowest BCUT2D eigenvalue weighted by Gasteiger charge is -2.16. The fraction of sp³-hybridized carbons (Fsp3) is 0.391. The number of nitrogens with zero attached hydrogens (tertiary/aromatic N) is 1. The topological polar surface area (TPSA) is 90.4 Å². The Balaban J connectivity index is 1.99. The van der Waals surface area contributed by atoms with Gasteiger partial charge >= 0.3 is 5.97 Å². The highest BCUT2D eigenvalue weighted by Gasteiger charge is 2.13. The molecule has 0 saturated carbocycles. The molecule has 2 aromatic rings. The first-order valence-electron chi connectivity index (χ1n) is 9.93. The maximum Gasteiger partial charge on any atom is 0.341 e. The van der Waals surface area contributed by atoms with E-state index in [1.165, 1.54) is 14.2 Å². The average Bonchev–Trinajstić information content (AvgIpc) is 2.79. The molecular weight excluding hydrogens is 398 g/mol. The minimum Gasteiger partial charge on any atom is -0.496 e. The highest BCUT2D eigenvalue weighted by molar-refractivity contribution is 5.92. The lowest BCUT2D eigenvalue weighted by Crippen LogP contribution is -2.36. The van der Waals surface area contributed by atoms with Crippen molar-refractivity contribution in [3.8, 4) is 11.5 Å². The third kappa shape index (κ3) is 7.18. The van der Waals surface area contributed by atoms with Crippen molar-refractivity contribution in [1.29, 1.82) is 0 Å². The quantitative estimate of drug-likeness (QED) is 0.260. The van der Waals surface area contributed by atoms with Crippen molar-refractivity contribution >= 4 is 11.9 Å². The summed E-state index contributed by atoms with van der Waals surface area (Å²) in [5, 5.41) is 6.56. The van der Waals surface area contributed by atoms with E-state index in [-0.39, 0.29) is 0 Å². The monoisotopic (exact) mass is 429 g/mol. The van der Waals surface area contributed by atoms with Gasteiger partial charge in [0, 0.05) is 32.8 Å². The second kappa shape index (κ2) is 12.4. The maximum atomic E-state index is 11.8. The fourth-order valence-electron chi connectivity index (χ4n) is 2.89. The van der Waals surface area contributed by atoms with E-state index in [1.807, 2.05) is 31.2 Å². The summed E-state index contributed by atoms with van der Waals surface area (Å²) in [6.45, 7) is 4.10. The Kier molecular flexibility index (Phi) is 9.64. The molecule has 8 heteroatoms. The molecule has 0 heterocycles. The number of hydrogen-bond donors (Lipinski definition) is 2. The molecule has 0 unspecified atom stereocenters. The van der Waals surface area contributed by atoms with Crippen molar-refractivity contribution in [3.05, 3.63) is 58.7 Å². The number of ether oxygens (including phenoxy) is 4. The van der Waals surface area contributed by atoms with Crippen molar-refractivity contribution in [1.82, 2.24) is 10.6 Å². The first-order chi connectivity index (χ1) is 15.0. The van der Waals surface area contributed by atoms with Gasteiger partial charge in [-0.1, -0.05) is 18.2 Å². The maximum absolute atomic E-state index is 11.8. The predicted octanol–water partition coefficient (Wildman–Crippen LogP) is 2.68. The zero-order valence-electron chi connectivity index (χ0n) is 18.8. The van der Waals surface area contributed by atoms with Crippen molar-refractivity contribution < 1.29 is 23.7 Å². The molecule has 0 atom stereocenters. The van der Waals surface area contributed by atoms with Crippen molar-refractivity contribution in [2.24, 2.45) is 4.99 Å². The third-order valence-electron chi connectivity index (χ3n) is 4.57. The van der Waals surface area contributed by atoms with Crippen LogP contribution < -0.4 is 20.1 Å². The Hall–Kier alpha value is -3.26. The molecule has 2 aromatic carbocycles. The van der Waals surface area contributed by atoms with Gasteiger partial charge in [-0.15, -0.1) is 0 Å². The first-order valence-corrected chi connectivity index (χ1v) is 9.93. The van der Waals surface area contributed by atoms with E-state index in [2.05, 4.69) is 15.6 Å². The van der Waals surface area contributed by atoms with Gasteiger partial charge in [0.1, 0.15) is 23.7 Å². The molecule has 168 valence electrons. The zero-order chi connectivity index (χ0) is 22.6. The summed E-state index contributed by atoms with van der Waals surface area (Å²) in [4.78, 5) is 16.1. The van der Waals surface area contributed by atoms with Crippen LogP contribution in [0.2, 0.25) is 0 Å². The molecule has 31 heavy (non-hydrogen) atoms. The second-order valence-corrected chi connectivity index (χ2v) is 6.76. The van der Waals surface area contributed by atoms with Crippen LogP contribution in [0.5, 0.6) is 11.5 Å². The lowest BCUT2D eigenvalue weighted by molar-refractivity contribution is 0.0597. The van der Waals surface area contributed by atoms with Gasteiger partial charge in [-0.05, 0) is 36.2 Å². The Morgan fingerprint density at radius 3 is 2.42 bits per heavy atom. The summed E-state index contributed by atoms with van der Waals surface area (Å²) in [5.41, 5.74) is 3.47. The summed E-state index contributed by atoms with van der Waals surface area (Å²) in [6.07, 6.45) is 0. The van der Waals surface area contributed by atoms with E-state index in [1.54, 1.807) is 26.3 Å².